The van der Waals surface area contributed by atoms with Gasteiger partial charge in [0.25, 0.3) is 0 Å². The largest absolute Gasteiger partial charge is 0.480 e. The molecule has 1 rings (SSSR count). The zero-order valence-electron chi connectivity index (χ0n) is 9.45. The monoisotopic (exact) mass is 215 g/mol. The fourth-order valence-corrected chi connectivity index (χ4v) is 1.98. The maximum atomic E-state index is 10.6. The zero-order valence-corrected chi connectivity index (χ0v) is 9.45. The lowest BCUT2D eigenvalue weighted by Gasteiger charge is -2.28. The molecule has 1 aliphatic heterocycles. The smallest absolute Gasteiger partial charge is 0.317 e. The van der Waals surface area contributed by atoms with Crippen molar-refractivity contribution in [2.45, 2.75) is 38.7 Å². The quantitative estimate of drug-likeness (QED) is 0.726. The summed E-state index contributed by atoms with van der Waals surface area (Å²) in [6.07, 6.45) is 4.64. The lowest BCUT2D eigenvalue weighted by molar-refractivity contribution is -0.138. The third kappa shape index (κ3) is 5.14. The van der Waals surface area contributed by atoms with Crippen LogP contribution in [0.15, 0.2) is 0 Å². The van der Waals surface area contributed by atoms with Crippen LogP contribution in [0.25, 0.3) is 0 Å². The third-order valence-corrected chi connectivity index (χ3v) is 2.63. The molecule has 4 nitrogen and oxygen atoms in total. The van der Waals surface area contributed by atoms with Gasteiger partial charge in [-0.15, -0.1) is 0 Å². The lowest BCUT2D eigenvalue weighted by atomic mass is 10.1. The summed E-state index contributed by atoms with van der Waals surface area (Å²) in [5.74, 6) is -0.751. The maximum absolute atomic E-state index is 10.6. The Hall–Kier alpha value is -0.610. The topological polar surface area (TPSA) is 49.8 Å². The second-order valence-corrected chi connectivity index (χ2v) is 4.12. The van der Waals surface area contributed by atoms with Gasteiger partial charge < -0.3 is 9.84 Å². The first kappa shape index (κ1) is 12.5. The lowest BCUT2D eigenvalue weighted by Crippen LogP contribution is -2.39. The molecule has 1 heterocycles. The summed E-state index contributed by atoms with van der Waals surface area (Å²) in [4.78, 5) is 12.6. The number of aliphatic carboxylic acids is 1. The van der Waals surface area contributed by atoms with Crippen molar-refractivity contribution in [1.29, 1.82) is 0 Å². The van der Waals surface area contributed by atoms with Crippen LogP contribution in [0.4, 0.5) is 0 Å². The summed E-state index contributed by atoms with van der Waals surface area (Å²) in [5, 5.41) is 8.76. The minimum atomic E-state index is -0.751. The molecule has 88 valence electrons. The number of carboxylic acid groups (broad SMARTS) is 1. The van der Waals surface area contributed by atoms with Gasteiger partial charge in [0.1, 0.15) is 0 Å². The molecule has 1 unspecified atom stereocenters. The summed E-state index contributed by atoms with van der Waals surface area (Å²) in [5.41, 5.74) is 0. The van der Waals surface area contributed by atoms with Gasteiger partial charge in [0, 0.05) is 13.2 Å². The number of carbonyl (C=O) groups is 1. The summed E-state index contributed by atoms with van der Waals surface area (Å²) < 4.78 is 5.60. The third-order valence-electron chi connectivity index (χ3n) is 2.63. The summed E-state index contributed by atoms with van der Waals surface area (Å²) in [6.45, 7) is 4.63. The molecule has 0 radical (unpaired) electrons. The number of rotatable bonds is 6. The molecule has 1 saturated heterocycles. The molecule has 1 N–H and O–H groups in total. The van der Waals surface area contributed by atoms with Crippen molar-refractivity contribution in [3.63, 3.8) is 0 Å². The maximum Gasteiger partial charge on any atom is 0.317 e. The zero-order chi connectivity index (χ0) is 11.1. The molecule has 1 atom stereocenters. The highest BCUT2D eigenvalue weighted by molar-refractivity contribution is 5.69. The Balaban J connectivity index is 2.31. The Morgan fingerprint density at radius 1 is 1.53 bits per heavy atom. The molecule has 15 heavy (non-hydrogen) atoms. The molecule has 0 aromatic heterocycles. The molecule has 1 aliphatic rings. The predicted molar refractivity (Wildman–Crippen MR) is 58.0 cm³/mol. The van der Waals surface area contributed by atoms with Gasteiger partial charge in [-0.25, -0.2) is 0 Å². The highest BCUT2D eigenvalue weighted by Gasteiger charge is 2.18. The van der Waals surface area contributed by atoms with E-state index in [0.29, 0.717) is 0 Å². The fraction of sp³-hybridized carbons (Fsp3) is 0.909. The van der Waals surface area contributed by atoms with E-state index < -0.39 is 5.97 Å². The first-order chi connectivity index (χ1) is 7.22. The van der Waals surface area contributed by atoms with Crippen LogP contribution in [0.5, 0.6) is 0 Å². The van der Waals surface area contributed by atoms with Crippen LogP contribution in [-0.2, 0) is 9.53 Å². The Morgan fingerprint density at radius 2 is 2.33 bits per heavy atom. The Kier molecular flexibility index (Phi) is 5.65. The Labute approximate surface area is 91.2 Å². The second kappa shape index (κ2) is 6.80. The molecule has 0 aromatic carbocycles. The van der Waals surface area contributed by atoms with Crippen LogP contribution in [-0.4, -0.2) is 48.3 Å². The minimum Gasteiger partial charge on any atom is -0.480 e. The molecule has 1 fully saturated rings. The van der Waals surface area contributed by atoms with E-state index in [0.717, 1.165) is 39.0 Å². The van der Waals surface area contributed by atoms with E-state index in [4.69, 9.17) is 9.84 Å². The summed E-state index contributed by atoms with van der Waals surface area (Å²) in [6, 6.07) is 0. The molecule has 0 saturated carbocycles. The number of carboxylic acids is 1. The van der Waals surface area contributed by atoms with Gasteiger partial charge >= 0.3 is 5.97 Å². The molecular formula is C11H21NO3. The highest BCUT2D eigenvalue weighted by Crippen LogP contribution is 2.13. The average molecular weight is 215 g/mol. The molecular weight excluding hydrogens is 194 g/mol. The van der Waals surface area contributed by atoms with Gasteiger partial charge in [-0.2, -0.15) is 0 Å². The van der Waals surface area contributed by atoms with Crippen LogP contribution in [0.1, 0.15) is 32.6 Å². The average Bonchev–Trinajstić information content (AvgIpc) is 2.18. The molecule has 4 heteroatoms. The first-order valence-electron chi connectivity index (χ1n) is 5.78. The van der Waals surface area contributed by atoms with Crippen molar-refractivity contribution in [2.75, 3.05) is 26.2 Å². The van der Waals surface area contributed by atoms with Crippen molar-refractivity contribution in [2.24, 2.45) is 0 Å². The van der Waals surface area contributed by atoms with Crippen LogP contribution in [0.2, 0.25) is 0 Å². The minimum absolute atomic E-state index is 0.133. The van der Waals surface area contributed by atoms with E-state index in [-0.39, 0.29) is 12.6 Å². The number of ether oxygens (including phenoxy) is 1. The van der Waals surface area contributed by atoms with Crippen molar-refractivity contribution >= 4 is 5.97 Å². The van der Waals surface area contributed by atoms with Crippen molar-refractivity contribution in [1.82, 2.24) is 4.90 Å². The molecule has 0 bridgehead atoms. The Bertz CT molecular complexity index is 190. The van der Waals surface area contributed by atoms with E-state index >= 15 is 0 Å². The van der Waals surface area contributed by atoms with Crippen LogP contribution >= 0.6 is 0 Å². The van der Waals surface area contributed by atoms with Crippen molar-refractivity contribution in [3.8, 4) is 0 Å². The standard InChI is InChI=1S/C11H21NO3/c1-2-6-12(9-11(13)14)8-10-5-3-4-7-15-10/h10H,2-9H2,1H3,(H,13,14). The van der Waals surface area contributed by atoms with Crippen molar-refractivity contribution < 1.29 is 14.6 Å². The summed E-state index contributed by atoms with van der Waals surface area (Å²) in [7, 11) is 0. The van der Waals surface area contributed by atoms with Gasteiger partial charge in [-0.1, -0.05) is 6.92 Å². The van der Waals surface area contributed by atoms with E-state index in [2.05, 4.69) is 6.92 Å². The Morgan fingerprint density at radius 3 is 2.87 bits per heavy atom. The van der Waals surface area contributed by atoms with E-state index in [1.807, 2.05) is 4.90 Å². The predicted octanol–water partition coefficient (Wildman–Crippen LogP) is 1.35. The van der Waals surface area contributed by atoms with Gasteiger partial charge in [0.15, 0.2) is 0 Å². The number of hydrogen-bond donors (Lipinski definition) is 1. The van der Waals surface area contributed by atoms with Crippen LogP contribution in [0.3, 0.4) is 0 Å². The highest BCUT2D eigenvalue weighted by atomic mass is 16.5. The molecule has 0 amide bonds. The van der Waals surface area contributed by atoms with Crippen LogP contribution in [0, 0.1) is 0 Å². The van der Waals surface area contributed by atoms with Gasteiger partial charge in [-0.3, -0.25) is 9.69 Å². The number of nitrogens with zero attached hydrogens (tertiary/aromatic N) is 1. The molecule has 0 aromatic rings. The molecule has 0 spiro atoms. The normalized spacial score (nSPS) is 21.9. The van der Waals surface area contributed by atoms with Crippen molar-refractivity contribution in [3.05, 3.63) is 0 Å². The number of hydrogen-bond acceptors (Lipinski definition) is 3. The van der Waals surface area contributed by atoms with Crippen LogP contribution < -0.4 is 0 Å². The van der Waals surface area contributed by atoms with Gasteiger partial charge in [-0.05, 0) is 32.2 Å². The van der Waals surface area contributed by atoms with Gasteiger partial charge in [0.2, 0.25) is 0 Å². The second-order valence-electron chi connectivity index (χ2n) is 4.12. The van der Waals surface area contributed by atoms with E-state index in [1.165, 1.54) is 6.42 Å². The fourth-order valence-electron chi connectivity index (χ4n) is 1.98. The van der Waals surface area contributed by atoms with E-state index in [1.54, 1.807) is 0 Å². The first-order valence-corrected chi connectivity index (χ1v) is 5.78. The van der Waals surface area contributed by atoms with E-state index in [9.17, 15) is 4.79 Å². The molecule has 0 aliphatic carbocycles. The van der Waals surface area contributed by atoms with Gasteiger partial charge in [0.05, 0.1) is 12.6 Å². The summed E-state index contributed by atoms with van der Waals surface area (Å²) >= 11 is 0. The SMILES string of the molecule is CCCN(CC(=O)O)CC1CCCCO1.